The first-order valence-corrected chi connectivity index (χ1v) is 5.41. The van der Waals surface area contributed by atoms with E-state index in [1.54, 1.807) is 24.3 Å². The van der Waals surface area contributed by atoms with Crippen LogP contribution < -0.4 is 5.73 Å². The molecule has 0 radical (unpaired) electrons. The van der Waals surface area contributed by atoms with Gasteiger partial charge in [0.05, 0.1) is 5.56 Å². The van der Waals surface area contributed by atoms with Crippen LogP contribution in [-0.4, -0.2) is 15.9 Å². The number of hydrogen-bond donors (Lipinski definition) is 1. The molecule has 0 aliphatic carbocycles. The Hall–Kier alpha value is -1.65. The fraction of sp³-hybridized carbons (Fsp3) is 0. The maximum atomic E-state index is 11.1. The number of carbonyl (C=O) groups excluding carboxylic acids is 1. The van der Waals surface area contributed by atoms with Crippen LogP contribution in [0.4, 0.5) is 0 Å². The van der Waals surface area contributed by atoms with E-state index in [4.69, 9.17) is 28.9 Å². The van der Waals surface area contributed by atoms with Gasteiger partial charge in [-0.3, -0.25) is 4.79 Å². The van der Waals surface area contributed by atoms with Crippen molar-refractivity contribution in [2.24, 2.45) is 5.73 Å². The second kappa shape index (κ2) is 4.69. The first-order valence-electron chi connectivity index (χ1n) is 4.66. The number of nitrogens with zero attached hydrogens (tertiary/aromatic N) is 2. The van der Waals surface area contributed by atoms with Crippen LogP contribution in [0.15, 0.2) is 30.6 Å². The first kappa shape index (κ1) is 11.8. The standard InChI is InChI=1S/C11H7Cl2N3O/c12-9-8(10(13)16-5-15-9)6-2-1-3-7(4-6)11(14)17/h1-5H,(H2,14,17). The predicted octanol–water partition coefficient (Wildman–Crippen LogP) is 2.55. The number of halogens is 2. The average Bonchev–Trinajstić information content (AvgIpc) is 2.29. The minimum absolute atomic E-state index is 0.228. The van der Waals surface area contributed by atoms with E-state index >= 15 is 0 Å². The topological polar surface area (TPSA) is 68.9 Å². The number of carbonyl (C=O) groups is 1. The van der Waals surface area contributed by atoms with Crippen LogP contribution in [0.3, 0.4) is 0 Å². The highest BCUT2D eigenvalue weighted by molar-refractivity contribution is 6.37. The second-order valence-electron chi connectivity index (χ2n) is 3.28. The van der Waals surface area contributed by atoms with Crippen molar-refractivity contribution >= 4 is 29.1 Å². The first-order chi connectivity index (χ1) is 8.09. The Morgan fingerprint density at radius 1 is 1.18 bits per heavy atom. The van der Waals surface area contributed by atoms with Crippen molar-refractivity contribution in [1.29, 1.82) is 0 Å². The van der Waals surface area contributed by atoms with Crippen LogP contribution in [0.2, 0.25) is 10.3 Å². The molecular weight excluding hydrogens is 261 g/mol. The minimum Gasteiger partial charge on any atom is -0.366 e. The quantitative estimate of drug-likeness (QED) is 0.851. The van der Waals surface area contributed by atoms with Crippen molar-refractivity contribution in [3.8, 4) is 11.1 Å². The largest absolute Gasteiger partial charge is 0.366 e. The summed E-state index contributed by atoms with van der Waals surface area (Å²) in [5.41, 5.74) is 6.71. The van der Waals surface area contributed by atoms with Gasteiger partial charge in [-0.05, 0) is 17.7 Å². The number of hydrogen-bond acceptors (Lipinski definition) is 3. The summed E-state index contributed by atoms with van der Waals surface area (Å²) in [6.07, 6.45) is 1.27. The molecule has 1 amide bonds. The molecule has 0 aliphatic heterocycles. The van der Waals surface area contributed by atoms with Crippen molar-refractivity contribution in [2.45, 2.75) is 0 Å². The van der Waals surface area contributed by atoms with E-state index in [9.17, 15) is 4.79 Å². The number of aromatic nitrogens is 2. The van der Waals surface area contributed by atoms with Gasteiger partial charge in [-0.2, -0.15) is 0 Å². The van der Waals surface area contributed by atoms with Gasteiger partial charge in [-0.25, -0.2) is 9.97 Å². The lowest BCUT2D eigenvalue weighted by atomic mass is 10.1. The Kier molecular flexibility index (Phi) is 3.26. The third kappa shape index (κ3) is 2.38. The zero-order chi connectivity index (χ0) is 12.4. The monoisotopic (exact) mass is 267 g/mol. The Morgan fingerprint density at radius 3 is 2.41 bits per heavy atom. The third-order valence-electron chi connectivity index (χ3n) is 2.19. The minimum atomic E-state index is -0.518. The number of nitrogens with two attached hydrogens (primary N) is 1. The molecule has 0 fully saturated rings. The zero-order valence-corrected chi connectivity index (χ0v) is 10.0. The maximum Gasteiger partial charge on any atom is 0.248 e. The van der Waals surface area contributed by atoms with Gasteiger partial charge < -0.3 is 5.73 Å². The van der Waals surface area contributed by atoms with Crippen LogP contribution in [0.5, 0.6) is 0 Å². The predicted molar refractivity (Wildman–Crippen MR) is 66.0 cm³/mol. The van der Waals surface area contributed by atoms with Crippen molar-refractivity contribution in [2.75, 3.05) is 0 Å². The molecule has 0 bridgehead atoms. The van der Waals surface area contributed by atoms with Gasteiger partial charge in [0.15, 0.2) is 0 Å². The molecule has 0 atom stereocenters. The molecule has 86 valence electrons. The zero-order valence-electron chi connectivity index (χ0n) is 8.52. The molecule has 0 saturated carbocycles. The maximum absolute atomic E-state index is 11.1. The molecule has 2 rings (SSSR count). The molecule has 0 spiro atoms. The fourth-order valence-corrected chi connectivity index (χ4v) is 1.94. The molecule has 1 heterocycles. The van der Waals surface area contributed by atoms with E-state index < -0.39 is 5.91 Å². The Labute approximate surface area is 107 Å². The molecule has 0 unspecified atom stereocenters. The highest BCUT2D eigenvalue weighted by Crippen LogP contribution is 2.31. The average molecular weight is 268 g/mol. The molecule has 4 nitrogen and oxygen atoms in total. The van der Waals surface area contributed by atoms with Crippen molar-refractivity contribution < 1.29 is 4.79 Å². The molecule has 0 aliphatic rings. The molecule has 6 heteroatoms. The van der Waals surface area contributed by atoms with Gasteiger partial charge in [0.1, 0.15) is 16.6 Å². The van der Waals surface area contributed by atoms with Gasteiger partial charge in [0.25, 0.3) is 0 Å². The van der Waals surface area contributed by atoms with Crippen LogP contribution in [0.25, 0.3) is 11.1 Å². The Balaban J connectivity index is 2.61. The summed E-state index contributed by atoms with van der Waals surface area (Å²) >= 11 is 11.9. The normalized spacial score (nSPS) is 10.2. The molecule has 1 aromatic heterocycles. The fourth-order valence-electron chi connectivity index (χ4n) is 1.41. The SMILES string of the molecule is NC(=O)c1cccc(-c2c(Cl)ncnc2Cl)c1. The summed E-state index contributed by atoms with van der Waals surface area (Å²) < 4.78 is 0. The summed E-state index contributed by atoms with van der Waals surface area (Å²) in [5.74, 6) is -0.518. The highest BCUT2D eigenvalue weighted by Gasteiger charge is 2.12. The number of primary amides is 1. The van der Waals surface area contributed by atoms with E-state index in [1.807, 2.05) is 0 Å². The van der Waals surface area contributed by atoms with Crippen LogP contribution >= 0.6 is 23.2 Å². The molecule has 2 aromatic rings. The van der Waals surface area contributed by atoms with E-state index in [1.165, 1.54) is 6.33 Å². The number of benzene rings is 1. The van der Waals surface area contributed by atoms with Crippen molar-refractivity contribution in [3.63, 3.8) is 0 Å². The van der Waals surface area contributed by atoms with E-state index in [2.05, 4.69) is 9.97 Å². The highest BCUT2D eigenvalue weighted by atomic mass is 35.5. The number of rotatable bonds is 2. The van der Waals surface area contributed by atoms with E-state index in [-0.39, 0.29) is 10.3 Å². The smallest absolute Gasteiger partial charge is 0.248 e. The lowest BCUT2D eigenvalue weighted by molar-refractivity contribution is 0.100. The van der Waals surface area contributed by atoms with Crippen LogP contribution in [0.1, 0.15) is 10.4 Å². The Bertz CT molecular complexity index is 566. The number of amides is 1. The van der Waals surface area contributed by atoms with Crippen molar-refractivity contribution in [1.82, 2.24) is 9.97 Å². The van der Waals surface area contributed by atoms with Gasteiger partial charge >= 0.3 is 0 Å². The molecule has 1 aromatic carbocycles. The summed E-state index contributed by atoms with van der Waals surface area (Å²) in [5, 5.41) is 0.457. The van der Waals surface area contributed by atoms with Gasteiger partial charge in [0.2, 0.25) is 5.91 Å². The van der Waals surface area contributed by atoms with Crippen LogP contribution in [0, 0.1) is 0 Å². The summed E-state index contributed by atoms with van der Waals surface area (Å²) in [6, 6.07) is 6.65. The summed E-state index contributed by atoms with van der Waals surface area (Å²) in [6.45, 7) is 0. The third-order valence-corrected chi connectivity index (χ3v) is 2.76. The molecule has 17 heavy (non-hydrogen) atoms. The van der Waals surface area contributed by atoms with Gasteiger partial charge in [0, 0.05) is 5.56 Å². The summed E-state index contributed by atoms with van der Waals surface area (Å²) in [4.78, 5) is 18.8. The lowest BCUT2D eigenvalue weighted by Gasteiger charge is -2.06. The molecule has 2 N–H and O–H groups in total. The summed E-state index contributed by atoms with van der Waals surface area (Å²) in [7, 11) is 0. The van der Waals surface area contributed by atoms with E-state index in [0.29, 0.717) is 16.7 Å². The Morgan fingerprint density at radius 2 is 1.82 bits per heavy atom. The van der Waals surface area contributed by atoms with Gasteiger partial charge in [-0.1, -0.05) is 35.3 Å². The lowest BCUT2D eigenvalue weighted by Crippen LogP contribution is -2.10. The second-order valence-corrected chi connectivity index (χ2v) is 3.99. The van der Waals surface area contributed by atoms with E-state index in [0.717, 1.165) is 0 Å². The molecular formula is C11H7Cl2N3O. The molecule has 0 saturated heterocycles. The van der Waals surface area contributed by atoms with Crippen LogP contribution in [-0.2, 0) is 0 Å². The van der Waals surface area contributed by atoms with Crippen molar-refractivity contribution in [3.05, 3.63) is 46.5 Å². The van der Waals surface area contributed by atoms with Gasteiger partial charge in [-0.15, -0.1) is 0 Å².